The molecule has 1 saturated carbocycles. The van der Waals surface area contributed by atoms with E-state index in [9.17, 15) is 9.59 Å². The molecule has 0 bridgehead atoms. The number of carbonyl (C=O) groups excluding carboxylic acids is 2. The number of hydrogen-bond acceptors (Lipinski definition) is 6. The van der Waals surface area contributed by atoms with Gasteiger partial charge in [0.1, 0.15) is 18.2 Å². The zero-order valence-corrected chi connectivity index (χ0v) is 18.7. The number of anilines is 1. The Morgan fingerprint density at radius 2 is 1.88 bits per heavy atom. The van der Waals surface area contributed by atoms with Crippen LogP contribution in [0.1, 0.15) is 56.1 Å². The molecule has 8 nitrogen and oxygen atoms in total. The molecule has 1 saturated heterocycles. The molecule has 1 unspecified atom stereocenters. The minimum atomic E-state index is -0.578. The van der Waals surface area contributed by atoms with Crippen molar-refractivity contribution in [3.8, 4) is 11.5 Å². The van der Waals surface area contributed by atoms with Crippen LogP contribution >= 0.6 is 0 Å². The van der Waals surface area contributed by atoms with Gasteiger partial charge in [0.15, 0.2) is 11.9 Å². The third-order valence-corrected chi connectivity index (χ3v) is 6.09. The summed E-state index contributed by atoms with van der Waals surface area (Å²) in [5.41, 5.74) is 7.53. The van der Waals surface area contributed by atoms with E-state index in [1.54, 1.807) is 18.2 Å². The molecule has 1 aliphatic carbocycles. The number of nitrogen functional groups attached to an aromatic ring is 1. The van der Waals surface area contributed by atoms with Crippen molar-refractivity contribution in [1.29, 1.82) is 5.41 Å². The van der Waals surface area contributed by atoms with Gasteiger partial charge in [0.05, 0.1) is 17.8 Å². The van der Waals surface area contributed by atoms with Gasteiger partial charge in [-0.1, -0.05) is 37.5 Å². The number of para-hydroxylation sites is 1. The monoisotopic (exact) mass is 451 g/mol. The van der Waals surface area contributed by atoms with Gasteiger partial charge in [-0.25, -0.2) is 4.79 Å². The summed E-state index contributed by atoms with van der Waals surface area (Å²) in [6.45, 7) is 1.66. The van der Waals surface area contributed by atoms with E-state index in [1.807, 2.05) is 12.1 Å². The number of ether oxygens (including phenoxy) is 3. The van der Waals surface area contributed by atoms with E-state index in [0.29, 0.717) is 11.6 Å². The fourth-order valence-corrected chi connectivity index (χ4v) is 4.47. The number of nitrogens with one attached hydrogen (secondary N) is 1. The standard InChI is InChI=1S/C25H29N3O5/c1-16(29)32-23-21(24(26)27)8-5-9-22(23)28-14-20(33-25(28)30)15-31-19-12-10-18(11-13-19)17-6-3-2-4-7-17/h5,8-13,17,20H,2-4,6-7,14-15H2,1H3,(H3,26,27). The molecule has 8 heteroatoms. The summed E-state index contributed by atoms with van der Waals surface area (Å²) in [5.74, 6) is 0.582. The maximum atomic E-state index is 12.6. The molecule has 2 aromatic rings. The van der Waals surface area contributed by atoms with Crippen molar-refractivity contribution in [3.05, 3.63) is 53.6 Å². The maximum absolute atomic E-state index is 12.6. The number of carbonyl (C=O) groups is 2. The van der Waals surface area contributed by atoms with Crippen molar-refractivity contribution in [2.75, 3.05) is 18.1 Å². The molecule has 3 N–H and O–H groups in total. The molecule has 33 heavy (non-hydrogen) atoms. The quantitative estimate of drug-likeness (QED) is 0.280. The normalized spacial score (nSPS) is 18.6. The highest BCUT2D eigenvalue weighted by atomic mass is 16.6. The first-order chi connectivity index (χ1) is 15.9. The number of nitrogens with two attached hydrogens (primary N) is 1. The van der Waals surface area contributed by atoms with E-state index in [-0.39, 0.29) is 30.3 Å². The molecule has 1 atom stereocenters. The van der Waals surface area contributed by atoms with E-state index < -0.39 is 18.2 Å². The molecule has 0 spiro atoms. The van der Waals surface area contributed by atoms with E-state index >= 15 is 0 Å². The molecule has 2 aromatic carbocycles. The maximum Gasteiger partial charge on any atom is 0.415 e. The minimum absolute atomic E-state index is 0.0642. The summed E-state index contributed by atoms with van der Waals surface area (Å²) >= 11 is 0. The molecule has 1 amide bonds. The highest BCUT2D eigenvalue weighted by molar-refractivity contribution is 6.02. The van der Waals surface area contributed by atoms with Crippen molar-refractivity contribution in [2.45, 2.75) is 51.0 Å². The average molecular weight is 452 g/mol. The van der Waals surface area contributed by atoms with Gasteiger partial charge in [-0.15, -0.1) is 0 Å². The smallest absolute Gasteiger partial charge is 0.415 e. The van der Waals surface area contributed by atoms with E-state index in [2.05, 4.69) is 12.1 Å². The number of hydrogen-bond donors (Lipinski definition) is 2. The molecule has 1 heterocycles. The van der Waals surface area contributed by atoms with Gasteiger partial charge < -0.3 is 19.9 Å². The second kappa shape index (κ2) is 9.94. The third kappa shape index (κ3) is 5.27. The number of amidine groups is 1. The van der Waals surface area contributed by atoms with Gasteiger partial charge >= 0.3 is 12.1 Å². The number of nitrogens with zero attached hydrogens (tertiary/aromatic N) is 1. The summed E-state index contributed by atoms with van der Waals surface area (Å²) in [6, 6.07) is 13.0. The molecule has 1 aliphatic heterocycles. The second-order valence-electron chi connectivity index (χ2n) is 8.49. The Kier molecular flexibility index (Phi) is 6.82. The molecule has 0 aromatic heterocycles. The average Bonchev–Trinajstić information content (AvgIpc) is 3.18. The Morgan fingerprint density at radius 1 is 1.15 bits per heavy atom. The lowest BCUT2D eigenvalue weighted by Gasteiger charge is -2.22. The number of cyclic esters (lactones) is 1. The van der Waals surface area contributed by atoms with Crippen LogP contribution in [0.5, 0.6) is 11.5 Å². The zero-order chi connectivity index (χ0) is 23.4. The number of amides is 1. The molecule has 4 rings (SSSR count). The number of rotatable bonds is 7. The van der Waals surface area contributed by atoms with Crippen LogP contribution in [0.3, 0.4) is 0 Å². The molecule has 0 radical (unpaired) electrons. The van der Waals surface area contributed by atoms with Gasteiger partial charge in [0, 0.05) is 6.92 Å². The Morgan fingerprint density at radius 3 is 2.55 bits per heavy atom. The molecular formula is C25H29N3O5. The summed E-state index contributed by atoms with van der Waals surface area (Å²) in [5, 5.41) is 7.75. The summed E-state index contributed by atoms with van der Waals surface area (Å²) in [4.78, 5) is 25.5. The lowest BCUT2D eigenvalue weighted by molar-refractivity contribution is -0.131. The first-order valence-corrected chi connectivity index (χ1v) is 11.3. The van der Waals surface area contributed by atoms with Crippen molar-refractivity contribution in [3.63, 3.8) is 0 Å². The van der Waals surface area contributed by atoms with Crippen LogP contribution in [0.15, 0.2) is 42.5 Å². The first kappa shape index (κ1) is 22.6. The predicted octanol–water partition coefficient (Wildman–Crippen LogP) is 4.35. The molecule has 2 aliphatic rings. The van der Waals surface area contributed by atoms with Gasteiger partial charge in [0.2, 0.25) is 0 Å². The van der Waals surface area contributed by atoms with Gasteiger partial charge in [0.25, 0.3) is 0 Å². The largest absolute Gasteiger partial charge is 0.490 e. The number of benzene rings is 2. The van der Waals surface area contributed by atoms with Crippen LogP contribution < -0.4 is 20.1 Å². The SMILES string of the molecule is CC(=O)Oc1c(C(=N)N)cccc1N1CC(COc2ccc(C3CCCCC3)cc2)OC1=O. The zero-order valence-electron chi connectivity index (χ0n) is 18.7. The fourth-order valence-electron chi connectivity index (χ4n) is 4.47. The second-order valence-corrected chi connectivity index (χ2v) is 8.49. The van der Waals surface area contributed by atoms with Crippen LogP contribution in [-0.2, 0) is 9.53 Å². The Labute approximate surface area is 193 Å². The van der Waals surface area contributed by atoms with Gasteiger partial charge in [-0.05, 0) is 48.6 Å². The Bertz CT molecular complexity index is 1030. The summed E-state index contributed by atoms with van der Waals surface area (Å²) in [6.07, 6.45) is 5.33. The topological polar surface area (TPSA) is 115 Å². The van der Waals surface area contributed by atoms with E-state index in [4.69, 9.17) is 25.4 Å². The van der Waals surface area contributed by atoms with E-state index in [0.717, 1.165) is 5.75 Å². The molecule has 174 valence electrons. The van der Waals surface area contributed by atoms with Crippen LogP contribution in [0.2, 0.25) is 0 Å². The first-order valence-electron chi connectivity index (χ1n) is 11.3. The molecular weight excluding hydrogens is 422 g/mol. The van der Waals surface area contributed by atoms with Crippen LogP contribution in [0.4, 0.5) is 10.5 Å². The highest BCUT2D eigenvalue weighted by Crippen LogP contribution is 2.35. The van der Waals surface area contributed by atoms with Crippen molar-refractivity contribution < 1.29 is 23.8 Å². The van der Waals surface area contributed by atoms with E-state index in [1.165, 1.54) is 49.5 Å². The highest BCUT2D eigenvalue weighted by Gasteiger charge is 2.35. The van der Waals surface area contributed by atoms with Crippen molar-refractivity contribution in [1.82, 2.24) is 0 Å². The number of esters is 1. The Balaban J connectivity index is 1.41. The Hall–Kier alpha value is -3.55. The van der Waals surface area contributed by atoms with Gasteiger partial charge in [-0.3, -0.25) is 15.1 Å². The minimum Gasteiger partial charge on any atom is -0.490 e. The summed E-state index contributed by atoms with van der Waals surface area (Å²) in [7, 11) is 0. The van der Waals surface area contributed by atoms with Crippen molar-refractivity contribution in [2.24, 2.45) is 5.73 Å². The van der Waals surface area contributed by atoms with Crippen LogP contribution in [0, 0.1) is 5.41 Å². The van der Waals surface area contributed by atoms with Gasteiger partial charge in [-0.2, -0.15) is 0 Å². The fraction of sp³-hybridized carbons (Fsp3) is 0.400. The molecule has 2 fully saturated rings. The predicted molar refractivity (Wildman–Crippen MR) is 124 cm³/mol. The third-order valence-electron chi connectivity index (χ3n) is 6.09. The van der Waals surface area contributed by atoms with Crippen molar-refractivity contribution >= 4 is 23.6 Å². The van der Waals surface area contributed by atoms with Crippen LogP contribution in [-0.4, -0.2) is 37.2 Å². The van der Waals surface area contributed by atoms with Crippen LogP contribution in [0.25, 0.3) is 0 Å². The lowest BCUT2D eigenvalue weighted by Crippen LogP contribution is -2.28. The lowest BCUT2D eigenvalue weighted by atomic mass is 9.84. The summed E-state index contributed by atoms with van der Waals surface area (Å²) < 4.78 is 16.6.